The summed E-state index contributed by atoms with van der Waals surface area (Å²) in [5, 5.41) is 2.85. The number of rotatable bonds is 7. The maximum Gasteiger partial charge on any atom is 0.326 e. The maximum atomic E-state index is 12.0. The van der Waals surface area contributed by atoms with Gasteiger partial charge in [0.1, 0.15) is 12.4 Å². The number of imide groups is 1. The quantitative estimate of drug-likeness (QED) is 0.733. The average molecular weight is 359 g/mol. The molecule has 0 aliphatic carbocycles. The summed E-state index contributed by atoms with van der Waals surface area (Å²) >= 11 is 0. The zero-order chi connectivity index (χ0) is 18.5. The van der Waals surface area contributed by atoms with Crippen LogP contribution in [0.3, 0.4) is 0 Å². The number of aromatic nitrogens is 1. The number of nitrogens with one attached hydrogen (secondary N) is 1. The standard InChI is InChI=1S/C18H25N5O3/c1-21-13-17(25)23(18(21)26)10-4-5-16(24)20-12-14-6-7-15(19-11-14)22-8-2-3-9-22/h6-7,11H,2-5,8-10,12-13H2,1H3,(H,20,24). The highest BCUT2D eigenvalue weighted by Gasteiger charge is 2.32. The molecule has 0 atom stereocenters. The van der Waals surface area contributed by atoms with Crippen LogP contribution in [-0.4, -0.2) is 65.9 Å². The molecule has 2 aliphatic rings. The van der Waals surface area contributed by atoms with E-state index in [1.165, 1.54) is 22.6 Å². The first-order valence-corrected chi connectivity index (χ1v) is 9.06. The van der Waals surface area contributed by atoms with Gasteiger partial charge in [-0.15, -0.1) is 0 Å². The number of hydrogen-bond acceptors (Lipinski definition) is 5. The molecule has 1 N–H and O–H groups in total. The van der Waals surface area contributed by atoms with E-state index in [2.05, 4.69) is 15.2 Å². The van der Waals surface area contributed by atoms with Crippen molar-refractivity contribution >= 4 is 23.7 Å². The number of amides is 4. The first-order chi connectivity index (χ1) is 12.5. The van der Waals surface area contributed by atoms with E-state index in [1.54, 1.807) is 13.2 Å². The van der Waals surface area contributed by atoms with Gasteiger partial charge in [-0.1, -0.05) is 6.07 Å². The summed E-state index contributed by atoms with van der Waals surface area (Å²) in [4.78, 5) is 44.7. The Bertz CT molecular complexity index is 670. The van der Waals surface area contributed by atoms with Gasteiger partial charge < -0.3 is 15.1 Å². The first kappa shape index (κ1) is 18.2. The number of anilines is 1. The van der Waals surface area contributed by atoms with Gasteiger partial charge in [0.15, 0.2) is 0 Å². The molecule has 2 aliphatic heterocycles. The summed E-state index contributed by atoms with van der Waals surface area (Å²) < 4.78 is 0. The molecular weight excluding hydrogens is 334 g/mol. The van der Waals surface area contributed by atoms with Crippen molar-refractivity contribution in [3.8, 4) is 0 Å². The molecule has 0 radical (unpaired) electrons. The zero-order valence-corrected chi connectivity index (χ0v) is 15.1. The Morgan fingerprint density at radius 3 is 2.62 bits per heavy atom. The lowest BCUT2D eigenvalue weighted by molar-refractivity contribution is -0.126. The van der Waals surface area contributed by atoms with Gasteiger partial charge in [-0.3, -0.25) is 14.5 Å². The highest BCUT2D eigenvalue weighted by Crippen LogP contribution is 2.17. The van der Waals surface area contributed by atoms with E-state index < -0.39 is 0 Å². The molecule has 8 nitrogen and oxygen atoms in total. The van der Waals surface area contributed by atoms with Crippen LogP contribution in [0, 0.1) is 0 Å². The second-order valence-corrected chi connectivity index (χ2v) is 6.78. The number of likely N-dealkylation sites (N-methyl/N-ethyl adjacent to an activating group) is 1. The number of carbonyl (C=O) groups excluding carboxylic acids is 3. The lowest BCUT2D eigenvalue weighted by Crippen LogP contribution is -2.33. The van der Waals surface area contributed by atoms with Crippen LogP contribution < -0.4 is 10.2 Å². The van der Waals surface area contributed by atoms with Gasteiger partial charge in [0.05, 0.1) is 0 Å². The minimum Gasteiger partial charge on any atom is -0.357 e. The molecule has 8 heteroatoms. The lowest BCUT2D eigenvalue weighted by Gasteiger charge is -2.16. The number of urea groups is 1. The molecule has 0 saturated carbocycles. The van der Waals surface area contributed by atoms with E-state index in [-0.39, 0.29) is 37.4 Å². The molecule has 2 saturated heterocycles. The summed E-state index contributed by atoms with van der Waals surface area (Å²) in [6.45, 7) is 2.94. The highest BCUT2D eigenvalue weighted by atomic mass is 16.2. The van der Waals surface area contributed by atoms with Crippen molar-refractivity contribution < 1.29 is 14.4 Å². The van der Waals surface area contributed by atoms with Crippen LogP contribution in [0.2, 0.25) is 0 Å². The summed E-state index contributed by atoms with van der Waals surface area (Å²) in [6.07, 6.45) is 4.96. The van der Waals surface area contributed by atoms with E-state index in [0.717, 1.165) is 24.5 Å². The van der Waals surface area contributed by atoms with Gasteiger partial charge in [0, 0.05) is 45.8 Å². The normalized spacial score (nSPS) is 17.3. The first-order valence-electron chi connectivity index (χ1n) is 9.06. The zero-order valence-electron chi connectivity index (χ0n) is 15.1. The summed E-state index contributed by atoms with van der Waals surface area (Å²) in [5.41, 5.74) is 0.952. The Balaban J connectivity index is 1.37. The summed E-state index contributed by atoms with van der Waals surface area (Å²) in [5.74, 6) is 0.686. The molecule has 3 heterocycles. The van der Waals surface area contributed by atoms with Crippen molar-refractivity contribution in [3.63, 3.8) is 0 Å². The predicted octanol–water partition coefficient (Wildman–Crippen LogP) is 0.972. The molecule has 0 aromatic carbocycles. The van der Waals surface area contributed by atoms with Gasteiger partial charge >= 0.3 is 6.03 Å². The van der Waals surface area contributed by atoms with Crippen molar-refractivity contribution in [1.82, 2.24) is 20.1 Å². The van der Waals surface area contributed by atoms with Gasteiger partial charge in [-0.2, -0.15) is 0 Å². The number of hydrogen-bond donors (Lipinski definition) is 1. The topological polar surface area (TPSA) is 85.8 Å². The highest BCUT2D eigenvalue weighted by molar-refractivity contribution is 6.01. The monoisotopic (exact) mass is 359 g/mol. The molecule has 1 aromatic rings. The van der Waals surface area contributed by atoms with Gasteiger partial charge in [0.2, 0.25) is 11.8 Å². The lowest BCUT2D eigenvalue weighted by atomic mass is 10.2. The van der Waals surface area contributed by atoms with Crippen molar-refractivity contribution in [2.45, 2.75) is 32.2 Å². The van der Waals surface area contributed by atoms with E-state index in [1.807, 2.05) is 12.1 Å². The molecular formula is C18H25N5O3. The largest absolute Gasteiger partial charge is 0.357 e. The molecule has 140 valence electrons. The van der Waals surface area contributed by atoms with Crippen LogP contribution in [0.4, 0.5) is 10.6 Å². The minimum atomic E-state index is -0.292. The van der Waals surface area contributed by atoms with Crippen molar-refractivity contribution in [2.75, 3.05) is 38.1 Å². The molecule has 1 aromatic heterocycles. The maximum absolute atomic E-state index is 12.0. The fourth-order valence-corrected chi connectivity index (χ4v) is 3.23. The van der Waals surface area contributed by atoms with E-state index in [9.17, 15) is 14.4 Å². The Kier molecular flexibility index (Phi) is 5.70. The smallest absolute Gasteiger partial charge is 0.326 e. The predicted molar refractivity (Wildman–Crippen MR) is 96.5 cm³/mol. The van der Waals surface area contributed by atoms with Crippen LogP contribution in [0.25, 0.3) is 0 Å². The molecule has 2 fully saturated rings. The SMILES string of the molecule is CN1CC(=O)N(CCCC(=O)NCc2ccc(N3CCCC3)nc2)C1=O. The molecule has 26 heavy (non-hydrogen) atoms. The van der Waals surface area contributed by atoms with Gasteiger partial charge in [-0.25, -0.2) is 9.78 Å². The van der Waals surface area contributed by atoms with E-state index >= 15 is 0 Å². The molecule has 0 unspecified atom stereocenters. The van der Waals surface area contributed by atoms with Gasteiger partial charge in [0.25, 0.3) is 0 Å². The molecule has 0 spiro atoms. The Morgan fingerprint density at radius 1 is 1.23 bits per heavy atom. The fourth-order valence-electron chi connectivity index (χ4n) is 3.23. The molecule has 0 bridgehead atoms. The second-order valence-electron chi connectivity index (χ2n) is 6.78. The molecule has 3 rings (SSSR count). The van der Waals surface area contributed by atoms with Crippen molar-refractivity contribution in [2.24, 2.45) is 0 Å². The average Bonchev–Trinajstić information content (AvgIpc) is 3.25. The van der Waals surface area contributed by atoms with E-state index in [4.69, 9.17) is 0 Å². The number of nitrogens with zero attached hydrogens (tertiary/aromatic N) is 4. The van der Waals surface area contributed by atoms with Crippen molar-refractivity contribution in [3.05, 3.63) is 23.9 Å². The van der Waals surface area contributed by atoms with Crippen LogP contribution in [0.5, 0.6) is 0 Å². The van der Waals surface area contributed by atoms with Crippen molar-refractivity contribution in [1.29, 1.82) is 0 Å². The van der Waals surface area contributed by atoms with Crippen LogP contribution >= 0.6 is 0 Å². The number of carbonyl (C=O) groups is 3. The summed E-state index contributed by atoms with van der Waals surface area (Å²) in [6, 6.07) is 3.69. The fraction of sp³-hybridized carbons (Fsp3) is 0.556. The van der Waals surface area contributed by atoms with Crippen LogP contribution in [0.15, 0.2) is 18.3 Å². The Hall–Kier alpha value is -2.64. The third kappa shape index (κ3) is 4.30. The third-order valence-corrected chi connectivity index (χ3v) is 4.75. The Labute approximate surface area is 153 Å². The summed E-state index contributed by atoms with van der Waals surface area (Å²) in [7, 11) is 1.59. The van der Waals surface area contributed by atoms with Gasteiger partial charge in [-0.05, 0) is 30.9 Å². The Morgan fingerprint density at radius 2 is 2.00 bits per heavy atom. The second kappa shape index (κ2) is 8.16. The minimum absolute atomic E-state index is 0.0962. The molecule has 4 amide bonds. The van der Waals surface area contributed by atoms with E-state index in [0.29, 0.717) is 13.0 Å². The van der Waals surface area contributed by atoms with Crippen LogP contribution in [0.1, 0.15) is 31.2 Å². The third-order valence-electron chi connectivity index (χ3n) is 4.75. The number of pyridine rings is 1. The van der Waals surface area contributed by atoms with Crippen LogP contribution in [-0.2, 0) is 16.1 Å².